The summed E-state index contributed by atoms with van der Waals surface area (Å²) >= 11 is 0. The van der Waals surface area contributed by atoms with E-state index >= 15 is 0 Å². The zero-order valence-electron chi connectivity index (χ0n) is 12.6. The van der Waals surface area contributed by atoms with Crippen molar-refractivity contribution in [1.29, 1.82) is 0 Å². The van der Waals surface area contributed by atoms with Crippen molar-refractivity contribution in [2.45, 2.75) is 26.2 Å². The fraction of sp³-hybridized carbons (Fsp3) is 0.500. The van der Waals surface area contributed by atoms with Crippen LogP contribution in [0.2, 0.25) is 0 Å². The molecule has 1 unspecified atom stereocenters. The standard InChI is InChI=1S/C16H21N3O2.ClH/c1-10-3-2-4-12(13(10)14(17)20)19-15(21)11-9-16(11)5-7-18-8-6-16;/h2-4,11,18H,5-9H2,1H3,(H2,17,20)(H,19,21);1H. The minimum Gasteiger partial charge on any atom is -0.366 e. The van der Waals surface area contributed by atoms with Gasteiger partial charge in [-0.05, 0) is 56.3 Å². The fourth-order valence-electron chi connectivity index (χ4n) is 3.51. The van der Waals surface area contributed by atoms with Crippen LogP contribution in [0.5, 0.6) is 0 Å². The van der Waals surface area contributed by atoms with Gasteiger partial charge in [-0.1, -0.05) is 12.1 Å². The first-order valence-electron chi connectivity index (χ1n) is 7.44. The Labute approximate surface area is 136 Å². The number of primary amides is 1. The molecule has 0 aromatic heterocycles. The Hall–Kier alpha value is -1.59. The highest BCUT2D eigenvalue weighted by Crippen LogP contribution is 2.58. The normalized spacial score (nSPS) is 21.8. The summed E-state index contributed by atoms with van der Waals surface area (Å²) in [4.78, 5) is 24.0. The molecule has 1 spiro atoms. The quantitative estimate of drug-likeness (QED) is 0.793. The maximum Gasteiger partial charge on any atom is 0.251 e. The molecule has 2 fully saturated rings. The third-order valence-electron chi connectivity index (χ3n) is 4.88. The van der Waals surface area contributed by atoms with Crippen molar-refractivity contribution in [2.24, 2.45) is 17.1 Å². The van der Waals surface area contributed by atoms with Crippen LogP contribution in [0.3, 0.4) is 0 Å². The van der Waals surface area contributed by atoms with Gasteiger partial charge in [0.2, 0.25) is 5.91 Å². The second-order valence-electron chi connectivity index (χ2n) is 6.22. The number of halogens is 1. The predicted octanol–water partition coefficient (Wildman–Crippen LogP) is 1.84. The van der Waals surface area contributed by atoms with Gasteiger partial charge >= 0.3 is 0 Å². The number of piperidine rings is 1. The molecule has 22 heavy (non-hydrogen) atoms. The van der Waals surface area contributed by atoms with Crippen LogP contribution < -0.4 is 16.4 Å². The molecule has 0 radical (unpaired) electrons. The fourth-order valence-corrected chi connectivity index (χ4v) is 3.51. The largest absolute Gasteiger partial charge is 0.366 e. The van der Waals surface area contributed by atoms with Crippen molar-refractivity contribution >= 4 is 29.9 Å². The molecule has 1 aromatic rings. The summed E-state index contributed by atoms with van der Waals surface area (Å²) in [5.74, 6) is -0.415. The van der Waals surface area contributed by atoms with E-state index in [1.165, 1.54) is 0 Å². The molecule has 1 saturated heterocycles. The van der Waals surface area contributed by atoms with Crippen molar-refractivity contribution in [1.82, 2.24) is 5.32 Å². The summed E-state index contributed by atoms with van der Waals surface area (Å²) in [6.45, 7) is 3.79. The summed E-state index contributed by atoms with van der Waals surface area (Å²) in [6, 6.07) is 5.38. The summed E-state index contributed by atoms with van der Waals surface area (Å²) in [5, 5.41) is 6.23. The molecule has 120 valence electrons. The Morgan fingerprint density at radius 3 is 2.64 bits per heavy atom. The van der Waals surface area contributed by atoms with E-state index in [1.807, 2.05) is 19.1 Å². The summed E-state index contributed by atoms with van der Waals surface area (Å²) in [7, 11) is 0. The molecule has 4 N–H and O–H groups in total. The molecule has 1 heterocycles. The number of nitrogens with two attached hydrogens (primary N) is 1. The highest BCUT2D eigenvalue weighted by Gasteiger charge is 2.57. The molecule has 3 rings (SSSR count). The Morgan fingerprint density at radius 2 is 2.00 bits per heavy atom. The summed E-state index contributed by atoms with van der Waals surface area (Å²) < 4.78 is 0. The van der Waals surface area contributed by atoms with Gasteiger partial charge in [0.15, 0.2) is 0 Å². The number of nitrogens with one attached hydrogen (secondary N) is 2. The monoisotopic (exact) mass is 323 g/mol. The molecular formula is C16H22ClN3O2. The number of hydrogen-bond acceptors (Lipinski definition) is 3. The minimum absolute atomic E-state index is 0. The molecule has 1 aliphatic carbocycles. The SMILES string of the molecule is Cc1cccc(NC(=O)C2CC23CCNCC3)c1C(N)=O.Cl. The Kier molecular flexibility index (Phi) is 4.78. The second-order valence-corrected chi connectivity index (χ2v) is 6.22. The molecule has 6 heteroatoms. The number of anilines is 1. The van der Waals surface area contributed by atoms with E-state index in [2.05, 4.69) is 10.6 Å². The molecule has 1 atom stereocenters. The average molecular weight is 324 g/mol. The van der Waals surface area contributed by atoms with Crippen molar-refractivity contribution in [3.63, 3.8) is 0 Å². The van der Waals surface area contributed by atoms with Crippen LogP contribution in [0.4, 0.5) is 5.69 Å². The van der Waals surface area contributed by atoms with Gasteiger partial charge in [-0.2, -0.15) is 0 Å². The topological polar surface area (TPSA) is 84.2 Å². The lowest BCUT2D eigenvalue weighted by Gasteiger charge is -2.23. The summed E-state index contributed by atoms with van der Waals surface area (Å²) in [5.41, 5.74) is 7.33. The van der Waals surface area contributed by atoms with Crippen LogP contribution in [0.15, 0.2) is 18.2 Å². The van der Waals surface area contributed by atoms with E-state index in [0.717, 1.165) is 37.9 Å². The van der Waals surface area contributed by atoms with Crippen molar-refractivity contribution in [2.75, 3.05) is 18.4 Å². The van der Waals surface area contributed by atoms with Crippen LogP contribution in [0, 0.1) is 18.3 Å². The summed E-state index contributed by atoms with van der Waals surface area (Å²) in [6.07, 6.45) is 3.07. The van der Waals surface area contributed by atoms with Gasteiger partial charge in [0.1, 0.15) is 0 Å². The zero-order valence-corrected chi connectivity index (χ0v) is 13.5. The van der Waals surface area contributed by atoms with Gasteiger partial charge in [0.05, 0.1) is 11.3 Å². The number of aryl methyl sites for hydroxylation is 1. The van der Waals surface area contributed by atoms with E-state index in [-0.39, 0.29) is 29.6 Å². The average Bonchev–Trinajstić information content (AvgIpc) is 3.13. The van der Waals surface area contributed by atoms with Crippen LogP contribution in [0.1, 0.15) is 35.2 Å². The molecule has 2 amide bonds. The number of rotatable bonds is 3. The highest BCUT2D eigenvalue weighted by molar-refractivity contribution is 6.05. The first-order valence-corrected chi connectivity index (χ1v) is 7.44. The lowest BCUT2D eigenvalue weighted by molar-refractivity contribution is -0.118. The number of carbonyl (C=O) groups excluding carboxylic acids is 2. The van der Waals surface area contributed by atoms with Gasteiger partial charge in [-0.3, -0.25) is 9.59 Å². The molecule has 2 aliphatic rings. The third-order valence-corrected chi connectivity index (χ3v) is 4.88. The van der Waals surface area contributed by atoms with Crippen LogP contribution in [-0.4, -0.2) is 24.9 Å². The molecule has 1 aromatic carbocycles. The van der Waals surface area contributed by atoms with Gasteiger partial charge < -0.3 is 16.4 Å². The highest BCUT2D eigenvalue weighted by atomic mass is 35.5. The molecule has 0 bridgehead atoms. The van der Waals surface area contributed by atoms with E-state index in [1.54, 1.807) is 6.07 Å². The Bertz CT molecular complexity index is 597. The molecular weight excluding hydrogens is 302 g/mol. The van der Waals surface area contributed by atoms with Crippen LogP contribution >= 0.6 is 12.4 Å². The van der Waals surface area contributed by atoms with Crippen LogP contribution in [0.25, 0.3) is 0 Å². The smallest absolute Gasteiger partial charge is 0.251 e. The second kappa shape index (κ2) is 6.26. The minimum atomic E-state index is -0.504. The number of hydrogen-bond donors (Lipinski definition) is 3. The lowest BCUT2D eigenvalue weighted by Crippen LogP contribution is -2.32. The number of amides is 2. The Balaban J connectivity index is 0.00000176. The molecule has 1 aliphatic heterocycles. The van der Waals surface area contributed by atoms with Crippen molar-refractivity contribution in [3.05, 3.63) is 29.3 Å². The van der Waals surface area contributed by atoms with Gasteiger partial charge in [-0.15, -0.1) is 12.4 Å². The van der Waals surface area contributed by atoms with E-state index in [9.17, 15) is 9.59 Å². The number of carbonyl (C=O) groups is 2. The van der Waals surface area contributed by atoms with E-state index in [4.69, 9.17) is 5.73 Å². The van der Waals surface area contributed by atoms with Gasteiger partial charge in [0, 0.05) is 5.92 Å². The van der Waals surface area contributed by atoms with Crippen LogP contribution in [-0.2, 0) is 4.79 Å². The van der Waals surface area contributed by atoms with Crippen molar-refractivity contribution in [3.8, 4) is 0 Å². The Morgan fingerprint density at radius 1 is 1.32 bits per heavy atom. The predicted molar refractivity (Wildman–Crippen MR) is 88.2 cm³/mol. The number of benzene rings is 1. The zero-order chi connectivity index (χ0) is 15.0. The maximum atomic E-state index is 12.5. The maximum absolute atomic E-state index is 12.5. The first-order chi connectivity index (χ1) is 10.0. The molecule has 5 nitrogen and oxygen atoms in total. The molecule has 1 saturated carbocycles. The first kappa shape index (κ1) is 16.8. The van der Waals surface area contributed by atoms with E-state index in [0.29, 0.717) is 11.3 Å². The van der Waals surface area contributed by atoms with Gasteiger partial charge in [-0.25, -0.2) is 0 Å². The van der Waals surface area contributed by atoms with E-state index < -0.39 is 5.91 Å². The van der Waals surface area contributed by atoms with Gasteiger partial charge in [0.25, 0.3) is 5.91 Å². The third kappa shape index (κ3) is 2.96. The lowest BCUT2D eigenvalue weighted by atomic mass is 9.91. The van der Waals surface area contributed by atoms with Crippen molar-refractivity contribution < 1.29 is 9.59 Å².